The molecule has 3 nitrogen and oxygen atoms in total. The van der Waals surface area contributed by atoms with Crippen LogP contribution in [0.1, 0.15) is 59.3 Å². The van der Waals surface area contributed by atoms with Gasteiger partial charge in [-0.2, -0.15) is 0 Å². The van der Waals surface area contributed by atoms with Gasteiger partial charge in [-0.05, 0) is 70.1 Å². The van der Waals surface area contributed by atoms with E-state index in [9.17, 15) is 9.90 Å². The van der Waals surface area contributed by atoms with Crippen LogP contribution in [0.5, 0.6) is 0 Å². The van der Waals surface area contributed by atoms with E-state index in [0.717, 1.165) is 38.0 Å². The molecule has 0 aromatic heterocycles. The van der Waals surface area contributed by atoms with Gasteiger partial charge >= 0.3 is 5.97 Å². The van der Waals surface area contributed by atoms with Gasteiger partial charge in [0.25, 0.3) is 0 Å². The van der Waals surface area contributed by atoms with E-state index in [1.54, 1.807) is 0 Å². The zero-order valence-electron chi connectivity index (χ0n) is 13.3. The van der Waals surface area contributed by atoms with Crippen molar-refractivity contribution in [2.24, 2.45) is 23.2 Å². The average Bonchev–Trinajstić information content (AvgIpc) is 2.42. The van der Waals surface area contributed by atoms with Crippen LogP contribution in [0.2, 0.25) is 0 Å². The molecule has 0 saturated heterocycles. The topological polar surface area (TPSA) is 46.5 Å². The summed E-state index contributed by atoms with van der Waals surface area (Å²) in [6, 6.07) is 0. The second kappa shape index (κ2) is 5.08. The highest BCUT2D eigenvalue weighted by Crippen LogP contribution is 2.63. The predicted molar refractivity (Wildman–Crippen MR) is 90.3 cm³/mol. The average molecular weight is 406 g/mol. The van der Waals surface area contributed by atoms with Crippen molar-refractivity contribution < 1.29 is 14.6 Å². The quantitative estimate of drug-likeness (QED) is 0.440. The van der Waals surface area contributed by atoms with Crippen molar-refractivity contribution in [1.82, 2.24) is 0 Å². The van der Waals surface area contributed by atoms with Gasteiger partial charge in [-0.15, -0.1) is 0 Å². The number of hydrogen-bond acceptors (Lipinski definition) is 3. The SMILES string of the molecule is CCC(C)(I)C(=O)OCC12CC3CC(C1)C(C)(O)C(C3)C2. The van der Waals surface area contributed by atoms with E-state index in [1.807, 2.05) is 20.8 Å². The molecular weight excluding hydrogens is 379 g/mol. The van der Waals surface area contributed by atoms with Gasteiger partial charge in [0.2, 0.25) is 0 Å². The Hall–Kier alpha value is 0.160. The normalized spacial score (nSPS) is 47.2. The maximum absolute atomic E-state index is 12.2. The summed E-state index contributed by atoms with van der Waals surface area (Å²) in [5.41, 5.74) is -0.347. The first-order chi connectivity index (χ1) is 9.68. The third-order valence-corrected chi connectivity index (χ3v) is 7.77. The van der Waals surface area contributed by atoms with Gasteiger partial charge in [-0.25, -0.2) is 0 Å². The van der Waals surface area contributed by atoms with E-state index in [4.69, 9.17) is 4.74 Å². The fourth-order valence-corrected chi connectivity index (χ4v) is 5.21. The molecule has 4 aliphatic rings. The van der Waals surface area contributed by atoms with Gasteiger partial charge in [0, 0.05) is 5.41 Å². The van der Waals surface area contributed by atoms with Gasteiger partial charge < -0.3 is 9.84 Å². The molecule has 120 valence electrons. The van der Waals surface area contributed by atoms with E-state index in [2.05, 4.69) is 22.6 Å². The Morgan fingerprint density at radius 2 is 1.90 bits per heavy atom. The Kier molecular flexibility index (Phi) is 3.88. The van der Waals surface area contributed by atoms with Crippen LogP contribution in [0.15, 0.2) is 0 Å². The zero-order valence-corrected chi connectivity index (χ0v) is 15.5. The first-order valence-electron chi connectivity index (χ1n) is 8.27. The van der Waals surface area contributed by atoms with Gasteiger partial charge in [-0.1, -0.05) is 29.5 Å². The molecule has 0 aliphatic heterocycles. The van der Waals surface area contributed by atoms with Crippen LogP contribution in [-0.2, 0) is 9.53 Å². The maximum atomic E-state index is 12.2. The third kappa shape index (κ3) is 2.64. The molecule has 4 rings (SSSR count). The molecule has 1 N–H and O–H groups in total. The Labute approximate surface area is 141 Å². The predicted octanol–water partition coefficient (Wildman–Crippen LogP) is 3.71. The Bertz CT molecular complexity index is 425. The van der Waals surface area contributed by atoms with Crippen LogP contribution in [0.3, 0.4) is 0 Å². The lowest BCUT2D eigenvalue weighted by molar-refractivity contribution is -0.205. The van der Waals surface area contributed by atoms with E-state index >= 15 is 0 Å². The molecule has 4 bridgehead atoms. The second-order valence-electron chi connectivity index (χ2n) is 8.20. The summed E-state index contributed by atoms with van der Waals surface area (Å²) in [5, 5.41) is 10.7. The minimum atomic E-state index is -0.494. The lowest BCUT2D eigenvalue weighted by atomic mass is 9.45. The standard InChI is InChI=1S/C17H27IO3/c1-4-15(2,18)14(19)21-10-17-7-11-5-12(8-17)16(3,20)13(6-11)9-17/h11-13,20H,4-10H2,1-3H3. The summed E-state index contributed by atoms with van der Waals surface area (Å²) >= 11 is 2.20. The van der Waals surface area contributed by atoms with Crippen molar-refractivity contribution in [3.05, 3.63) is 0 Å². The highest BCUT2D eigenvalue weighted by molar-refractivity contribution is 14.1. The fraction of sp³-hybridized carbons (Fsp3) is 0.941. The monoisotopic (exact) mass is 406 g/mol. The molecule has 4 fully saturated rings. The van der Waals surface area contributed by atoms with Crippen molar-refractivity contribution in [3.63, 3.8) is 0 Å². The van der Waals surface area contributed by atoms with E-state index in [1.165, 1.54) is 6.42 Å². The number of ether oxygens (including phenoxy) is 1. The molecule has 3 unspecified atom stereocenters. The van der Waals surface area contributed by atoms with Crippen molar-refractivity contribution in [2.45, 2.75) is 68.3 Å². The number of halogens is 1. The zero-order chi connectivity index (χ0) is 15.5. The molecule has 3 atom stereocenters. The Balaban J connectivity index is 1.69. The molecule has 0 heterocycles. The fourth-order valence-electron chi connectivity index (χ4n) is 5.06. The highest BCUT2D eigenvalue weighted by atomic mass is 127. The second-order valence-corrected chi connectivity index (χ2v) is 10.6. The molecule has 0 aromatic rings. The van der Waals surface area contributed by atoms with Crippen molar-refractivity contribution in [1.29, 1.82) is 0 Å². The minimum absolute atomic E-state index is 0.0758. The number of aliphatic hydroxyl groups is 1. The van der Waals surface area contributed by atoms with Crippen molar-refractivity contribution in [3.8, 4) is 0 Å². The molecule has 4 heteroatoms. The van der Waals surface area contributed by atoms with E-state index in [0.29, 0.717) is 18.4 Å². The lowest BCUT2D eigenvalue weighted by Gasteiger charge is -2.62. The number of alkyl halides is 1. The van der Waals surface area contributed by atoms with Crippen LogP contribution in [0, 0.1) is 23.2 Å². The van der Waals surface area contributed by atoms with Crippen LogP contribution in [0.4, 0.5) is 0 Å². The minimum Gasteiger partial charge on any atom is -0.464 e. The summed E-state index contributed by atoms with van der Waals surface area (Å²) in [5.74, 6) is 1.46. The van der Waals surface area contributed by atoms with Crippen LogP contribution < -0.4 is 0 Å². The number of rotatable bonds is 4. The van der Waals surface area contributed by atoms with Crippen LogP contribution in [-0.4, -0.2) is 26.7 Å². The third-order valence-electron chi connectivity index (χ3n) is 6.57. The lowest BCUT2D eigenvalue weighted by Crippen LogP contribution is -2.60. The van der Waals surface area contributed by atoms with Crippen molar-refractivity contribution >= 4 is 28.6 Å². The smallest absolute Gasteiger partial charge is 0.321 e. The summed E-state index contributed by atoms with van der Waals surface area (Å²) < 4.78 is 5.31. The molecule has 0 spiro atoms. The van der Waals surface area contributed by atoms with Gasteiger partial charge in [0.15, 0.2) is 0 Å². The molecular formula is C17H27IO3. The number of carbonyl (C=O) groups is 1. The van der Waals surface area contributed by atoms with Crippen LogP contribution in [0.25, 0.3) is 0 Å². The molecule has 21 heavy (non-hydrogen) atoms. The van der Waals surface area contributed by atoms with E-state index in [-0.39, 0.29) is 11.4 Å². The first kappa shape index (κ1) is 16.0. The summed E-state index contributed by atoms with van der Waals surface area (Å²) in [7, 11) is 0. The Morgan fingerprint density at radius 1 is 1.33 bits per heavy atom. The molecule has 0 amide bonds. The largest absolute Gasteiger partial charge is 0.464 e. The van der Waals surface area contributed by atoms with Gasteiger partial charge in [-0.3, -0.25) is 4.79 Å². The van der Waals surface area contributed by atoms with Crippen molar-refractivity contribution in [2.75, 3.05) is 6.61 Å². The number of hydrogen-bond donors (Lipinski definition) is 1. The number of esters is 1. The highest BCUT2D eigenvalue weighted by Gasteiger charge is 2.60. The van der Waals surface area contributed by atoms with Gasteiger partial charge in [0.05, 0.1) is 12.2 Å². The Morgan fingerprint density at radius 3 is 2.43 bits per heavy atom. The van der Waals surface area contributed by atoms with Crippen LogP contribution >= 0.6 is 22.6 Å². The molecule has 4 saturated carbocycles. The number of carbonyl (C=O) groups excluding carboxylic acids is 1. The summed E-state index contributed by atoms with van der Waals surface area (Å²) in [6.07, 6.45) is 6.38. The molecule has 4 aliphatic carbocycles. The molecule has 0 radical (unpaired) electrons. The first-order valence-corrected chi connectivity index (χ1v) is 9.35. The summed E-state index contributed by atoms with van der Waals surface area (Å²) in [4.78, 5) is 12.2. The van der Waals surface area contributed by atoms with Gasteiger partial charge in [0.1, 0.15) is 3.42 Å². The van der Waals surface area contributed by atoms with E-state index < -0.39 is 9.02 Å². The molecule has 0 aromatic carbocycles. The maximum Gasteiger partial charge on any atom is 0.321 e. The summed E-state index contributed by atoms with van der Waals surface area (Å²) in [6.45, 7) is 6.55.